The molecule has 0 unspecified atom stereocenters. The van der Waals surface area contributed by atoms with E-state index in [-0.39, 0.29) is 28.6 Å². The zero-order valence-electron chi connectivity index (χ0n) is 9.89. The van der Waals surface area contributed by atoms with Crippen molar-refractivity contribution >= 4 is 12.0 Å². The quantitative estimate of drug-likeness (QED) is 0.472. The van der Waals surface area contributed by atoms with Gasteiger partial charge in [-0.25, -0.2) is 9.97 Å². The van der Waals surface area contributed by atoms with Crippen LogP contribution in [-0.4, -0.2) is 21.2 Å². The van der Waals surface area contributed by atoms with Crippen LogP contribution < -0.4 is 4.74 Å². The minimum Gasteiger partial charge on any atom is -0.429 e. The van der Waals surface area contributed by atoms with Crippen molar-refractivity contribution in [2.45, 2.75) is 0 Å². The fourth-order valence-electron chi connectivity index (χ4n) is 1.42. The van der Waals surface area contributed by atoms with Crippen molar-refractivity contribution in [2.75, 3.05) is 0 Å². The number of carbonyl (C=O) groups excluding carboxylic acids is 1. The molecule has 0 saturated carbocycles. The molecule has 0 saturated heterocycles. The summed E-state index contributed by atoms with van der Waals surface area (Å²) in [5, 5.41) is 19.8. The minimum atomic E-state index is -0.660. The Labute approximate surface area is 112 Å². The molecule has 1 heterocycles. The Morgan fingerprint density at radius 2 is 2.10 bits per heavy atom. The smallest absolute Gasteiger partial charge is 0.311 e. The molecule has 8 nitrogen and oxygen atoms in total. The number of rotatable bonds is 4. The summed E-state index contributed by atoms with van der Waals surface area (Å²) in [5.74, 6) is -0.349. The summed E-state index contributed by atoms with van der Waals surface area (Å²) in [6, 6.07) is 5.38. The summed E-state index contributed by atoms with van der Waals surface area (Å²) in [5.41, 5.74) is -0.253. The van der Waals surface area contributed by atoms with Gasteiger partial charge < -0.3 is 4.74 Å². The summed E-state index contributed by atoms with van der Waals surface area (Å²) >= 11 is 0. The molecule has 0 bridgehead atoms. The van der Waals surface area contributed by atoms with Gasteiger partial charge in [-0.3, -0.25) is 14.9 Å². The van der Waals surface area contributed by atoms with Crippen LogP contribution in [0.15, 0.2) is 30.6 Å². The fraction of sp³-hybridized carbons (Fsp3) is 0. The number of aromatic nitrogens is 2. The number of aldehydes is 1. The van der Waals surface area contributed by atoms with E-state index in [4.69, 9.17) is 10.00 Å². The minimum absolute atomic E-state index is 0.113. The lowest BCUT2D eigenvalue weighted by Gasteiger charge is -2.06. The van der Waals surface area contributed by atoms with Crippen molar-refractivity contribution in [1.82, 2.24) is 9.97 Å². The molecule has 2 rings (SSSR count). The van der Waals surface area contributed by atoms with Crippen LogP contribution in [0.3, 0.4) is 0 Å². The highest BCUT2D eigenvalue weighted by Gasteiger charge is 2.18. The van der Waals surface area contributed by atoms with Crippen molar-refractivity contribution in [3.8, 4) is 17.7 Å². The van der Waals surface area contributed by atoms with Crippen LogP contribution in [0.2, 0.25) is 0 Å². The summed E-state index contributed by atoms with van der Waals surface area (Å²) < 4.78 is 5.24. The first-order chi connectivity index (χ1) is 9.65. The van der Waals surface area contributed by atoms with Crippen LogP contribution >= 0.6 is 0 Å². The third-order valence-corrected chi connectivity index (χ3v) is 2.29. The highest BCUT2D eigenvalue weighted by molar-refractivity contribution is 5.77. The lowest BCUT2D eigenvalue weighted by atomic mass is 10.2. The molecule has 0 spiro atoms. The van der Waals surface area contributed by atoms with E-state index in [1.54, 1.807) is 6.07 Å². The van der Waals surface area contributed by atoms with Gasteiger partial charge in [-0.2, -0.15) is 5.26 Å². The highest BCUT2D eigenvalue weighted by Crippen LogP contribution is 2.31. The monoisotopic (exact) mass is 270 g/mol. The molecule has 0 aliphatic carbocycles. The number of carbonyl (C=O) groups is 1. The molecule has 1 aromatic heterocycles. The van der Waals surface area contributed by atoms with Crippen molar-refractivity contribution < 1.29 is 14.5 Å². The third kappa shape index (κ3) is 2.56. The Bertz CT molecular complexity index is 724. The number of ether oxygens (including phenoxy) is 1. The van der Waals surface area contributed by atoms with Gasteiger partial charge in [0.1, 0.15) is 12.4 Å². The molecule has 98 valence electrons. The number of hydrogen-bond donors (Lipinski definition) is 0. The van der Waals surface area contributed by atoms with E-state index < -0.39 is 4.92 Å². The maximum absolute atomic E-state index is 10.9. The van der Waals surface area contributed by atoms with Gasteiger partial charge in [-0.1, -0.05) is 0 Å². The maximum Gasteiger partial charge on any atom is 0.311 e. The van der Waals surface area contributed by atoms with E-state index in [1.165, 1.54) is 24.5 Å². The SMILES string of the molecule is N#Cc1nccnc1Oc1cc(C=O)ccc1[N+](=O)[O-]. The Morgan fingerprint density at radius 1 is 1.35 bits per heavy atom. The molecule has 20 heavy (non-hydrogen) atoms. The second-order valence-electron chi connectivity index (χ2n) is 3.53. The lowest BCUT2D eigenvalue weighted by Crippen LogP contribution is -1.98. The van der Waals surface area contributed by atoms with E-state index in [0.29, 0.717) is 6.29 Å². The van der Waals surface area contributed by atoms with E-state index in [1.807, 2.05) is 0 Å². The predicted octanol–water partition coefficient (Wildman–Crippen LogP) is 1.86. The van der Waals surface area contributed by atoms with Crippen molar-refractivity contribution in [3.63, 3.8) is 0 Å². The molecular weight excluding hydrogens is 264 g/mol. The molecular formula is C12H6N4O4. The first kappa shape index (κ1) is 13.1. The Balaban J connectivity index is 2.49. The summed E-state index contributed by atoms with van der Waals surface area (Å²) in [6.45, 7) is 0. The zero-order chi connectivity index (χ0) is 14.5. The van der Waals surface area contributed by atoms with Gasteiger partial charge in [0.2, 0.25) is 11.4 Å². The molecule has 0 aliphatic heterocycles. The summed E-state index contributed by atoms with van der Waals surface area (Å²) in [4.78, 5) is 28.5. The Morgan fingerprint density at radius 3 is 2.75 bits per heavy atom. The van der Waals surface area contributed by atoms with Gasteiger partial charge in [0.25, 0.3) is 5.88 Å². The van der Waals surface area contributed by atoms with Gasteiger partial charge in [0.15, 0.2) is 0 Å². The van der Waals surface area contributed by atoms with E-state index in [0.717, 1.165) is 6.07 Å². The molecule has 2 aromatic rings. The van der Waals surface area contributed by atoms with Crippen LogP contribution in [0.5, 0.6) is 11.6 Å². The molecule has 0 N–H and O–H groups in total. The van der Waals surface area contributed by atoms with Gasteiger partial charge in [-0.15, -0.1) is 0 Å². The second-order valence-corrected chi connectivity index (χ2v) is 3.53. The normalized spacial score (nSPS) is 9.55. The maximum atomic E-state index is 10.9. The average molecular weight is 270 g/mol. The first-order valence-electron chi connectivity index (χ1n) is 5.28. The summed E-state index contributed by atoms with van der Waals surface area (Å²) in [6.07, 6.45) is 3.10. The van der Waals surface area contributed by atoms with Crippen molar-refractivity contribution in [1.29, 1.82) is 5.26 Å². The van der Waals surface area contributed by atoms with E-state index >= 15 is 0 Å². The number of benzene rings is 1. The second kappa shape index (κ2) is 5.53. The van der Waals surface area contributed by atoms with Crippen molar-refractivity contribution in [2.24, 2.45) is 0 Å². The number of nitro benzene ring substituents is 1. The van der Waals surface area contributed by atoms with E-state index in [9.17, 15) is 14.9 Å². The number of nitrogens with zero attached hydrogens (tertiary/aromatic N) is 4. The lowest BCUT2D eigenvalue weighted by molar-refractivity contribution is -0.385. The largest absolute Gasteiger partial charge is 0.429 e. The fourth-order valence-corrected chi connectivity index (χ4v) is 1.42. The molecule has 0 amide bonds. The summed E-state index contributed by atoms with van der Waals surface area (Å²) in [7, 11) is 0. The first-order valence-corrected chi connectivity index (χ1v) is 5.28. The highest BCUT2D eigenvalue weighted by atomic mass is 16.6. The number of nitro groups is 1. The average Bonchev–Trinajstić information content (AvgIpc) is 2.47. The van der Waals surface area contributed by atoms with Crippen LogP contribution in [0, 0.1) is 21.4 Å². The van der Waals surface area contributed by atoms with Crippen LogP contribution in [0.25, 0.3) is 0 Å². The van der Waals surface area contributed by atoms with Gasteiger partial charge in [-0.05, 0) is 12.1 Å². The Hall–Kier alpha value is -3.34. The predicted molar refractivity (Wildman–Crippen MR) is 65.3 cm³/mol. The van der Waals surface area contributed by atoms with E-state index in [2.05, 4.69) is 9.97 Å². The van der Waals surface area contributed by atoms with Gasteiger partial charge >= 0.3 is 5.69 Å². The molecule has 8 heteroatoms. The molecule has 0 aliphatic rings. The topological polar surface area (TPSA) is 119 Å². The number of hydrogen-bond acceptors (Lipinski definition) is 7. The van der Waals surface area contributed by atoms with Crippen LogP contribution in [0.1, 0.15) is 16.1 Å². The van der Waals surface area contributed by atoms with Gasteiger partial charge in [0, 0.05) is 24.0 Å². The van der Waals surface area contributed by atoms with Gasteiger partial charge in [0.05, 0.1) is 4.92 Å². The Kier molecular flexibility index (Phi) is 3.63. The van der Waals surface area contributed by atoms with Crippen LogP contribution in [0.4, 0.5) is 5.69 Å². The molecule has 0 fully saturated rings. The van der Waals surface area contributed by atoms with Crippen molar-refractivity contribution in [3.05, 3.63) is 52.0 Å². The molecule has 0 atom stereocenters. The molecule has 0 radical (unpaired) electrons. The molecule has 1 aromatic carbocycles. The third-order valence-electron chi connectivity index (χ3n) is 2.29. The zero-order valence-corrected chi connectivity index (χ0v) is 9.89. The van der Waals surface area contributed by atoms with Crippen LogP contribution in [-0.2, 0) is 0 Å². The standard InChI is InChI=1S/C12H6N4O4/c13-6-9-12(15-4-3-14-9)20-11-5-8(7-17)1-2-10(11)16(18)19/h1-5,7H. The number of nitriles is 1.